The maximum absolute atomic E-state index is 12.1. The van der Waals surface area contributed by atoms with Gasteiger partial charge in [-0.2, -0.15) is 0 Å². The molecule has 2 saturated heterocycles. The molecule has 1 aromatic carbocycles. The van der Waals surface area contributed by atoms with Crippen molar-refractivity contribution in [2.24, 2.45) is 5.92 Å². The summed E-state index contributed by atoms with van der Waals surface area (Å²) in [5.74, 6) is 0.562. The molecule has 3 rings (SSSR count). The molecule has 0 saturated carbocycles. The molecular weight excluding hydrogens is 328 g/mol. The summed E-state index contributed by atoms with van der Waals surface area (Å²) in [6.45, 7) is 3.16. The summed E-state index contributed by atoms with van der Waals surface area (Å²) >= 11 is 0. The monoisotopic (exact) mass is 352 g/mol. The first-order valence-electron chi connectivity index (χ1n) is 8.45. The Morgan fingerprint density at radius 1 is 1.29 bits per heavy atom. The predicted molar refractivity (Wildman–Crippen MR) is 94.1 cm³/mol. The third-order valence-electron chi connectivity index (χ3n) is 4.61. The lowest BCUT2D eigenvalue weighted by Crippen LogP contribution is -2.36. The fraction of sp³-hybridized carbons (Fsp3) is 0.588. The molecule has 1 unspecified atom stereocenters. The largest absolute Gasteiger partial charge is 0.378 e. The Labute approximate surface area is 143 Å². The number of amides is 1. The van der Waals surface area contributed by atoms with E-state index in [2.05, 4.69) is 10.2 Å². The molecule has 6 nitrogen and oxygen atoms in total. The van der Waals surface area contributed by atoms with Crippen LogP contribution in [-0.2, 0) is 19.4 Å². The number of hydrogen-bond acceptors (Lipinski definition) is 5. The van der Waals surface area contributed by atoms with Gasteiger partial charge in [-0.3, -0.25) is 4.79 Å². The van der Waals surface area contributed by atoms with Crippen molar-refractivity contribution in [3.05, 3.63) is 24.3 Å². The number of sulfone groups is 1. The number of ether oxygens (including phenoxy) is 1. The number of hydrogen-bond donors (Lipinski definition) is 1. The number of nitrogens with one attached hydrogen (secondary N) is 1. The second-order valence-electron chi connectivity index (χ2n) is 6.51. The van der Waals surface area contributed by atoms with Crippen molar-refractivity contribution in [3.8, 4) is 0 Å². The molecule has 7 heteroatoms. The molecule has 1 aromatic rings. The lowest BCUT2D eigenvalue weighted by atomic mass is 10.0. The van der Waals surface area contributed by atoms with Crippen molar-refractivity contribution in [1.82, 2.24) is 0 Å². The van der Waals surface area contributed by atoms with Crippen molar-refractivity contribution in [1.29, 1.82) is 0 Å². The fourth-order valence-corrected chi connectivity index (χ4v) is 5.17. The summed E-state index contributed by atoms with van der Waals surface area (Å²) in [7, 11) is -2.87. The van der Waals surface area contributed by atoms with E-state index in [4.69, 9.17) is 4.74 Å². The standard InChI is InChI=1S/C17H24N2O4S/c20-17(5-4-14-6-11-24(21,22)13-14)18-15-2-1-3-16(12-15)19-7-9-23-10-8-19/h1-3,12,14H,4-11,13H2,(H,18,20). The lowest BCUT2D eigenvalue weighted by Gasteiger charge is -2.29. The summed E-state index contributed by atoms with van der Waals surface area (Å²) < 4.78 is 28.3. The van der Waals surface area contributed by atoms with E-state index in [1.807, 2.05) is 24.3 Å². The topological polar surface area (TPSA) is 75.7 Å². The summed E-state index contributed by atoms with van der Waals surface area (Å²) in [6, 6.07) is 7.82. The van der Waals surface area contributed by atoms with Crippen LogP contribution in [0.4, 0.5) is 11.4 Å². The predicted octanol–water partition coefficient (Wildman–Crippen LogP) is 1.68. The molecule has 2 aliphatic heterocycles. The number of anilines is 2. The van der Waals surface area contributed by atoms with Gasteiger partial charge in [0.15, 0.2) is 9.84 Å². The normalized spacial score (nSPS) is 23.2. The number of carbonyl (C=O) groups is 1. The van der Waals surface area contributed by atoms with Crippen LogP contribution >= 0.6 is 0 Å². The molecule has 0 aliphatic carbocycles. The van der Waals surface area contributed by atoms with Crippen molar-refractivity contribution < 1.29 is 17.9 Å². The zero-order valence-electron chi connectivity index (χ0n) is 13.7. The van der Waals surface area contributed by atoms with Gasteiger partial charge in [-0.25, -0.2) is 8.42 Å². The van der Waals surface area contributed by atoms with Crippen LogP contribution < -0.4 is 10.2 Å². The SMILES string of the molecule is O=C(CCC1CCS(=O)(=O)C1)Nc1cccc(N2CCOCC2)c1. The Kier molecular flexibility index (Phi) is 5.40. The number of carbonyl (C=O) groups excluding carboxylic acids is 1. The van der Waals surface area contributed by atoms with E-state index >= 15 is 0 Å². The van der Waals surface area contributed by atoms with E-state index in [0.29, 0.717) is 19.3 Å². The van der Waals surface area contributed by atoms with Crippen LogP contribution in [-0.4, -0.2) is 52.1 Å². The van der Waals surface area contributed by atoms with Crippen LogP contribution in [0.1, 0.15) is 19.3 Å². The van der Waals surface area contributed by atoms with Gasteiger partial charge in [0, 0.05) is 30.9 Å². The minimum Gasteiger partial charge on any atom is -0.378 e. The Balaban J connectivity index is 1.51. The van der Waals surface area contributed by atoms with E-state index in [0.717, 1.165) is 37.7 Å². The van der Waals surface area contributed by atoms with Gasteiger partial charge >= 0.3 is 0 Å². The minimum absolute atomic E-state index is 0.0570. The van der Waals surface area contributed by atoms with Gasteiger partial charge in [0.1, 0.15) is 0 Å². The van der Waals surface area contributed by atoms with Crippen LogP contribution in [0.2, 0.25) is 0 Å². The number of nitrogens with zero attached hydrogens (tertiary/aromatic N) is 1. The van der Waals surface area contributed by atoms with Crippen LogP contribution in [0.3, 0.4) is 0 Å². The van der Waals surface area contributed by atoms with E-state index < -0.39 is 9.84 Å². The Morgan fingerprint density at radius 3 is 2.79 bits per heavy atom. The second-order valence-corrected chi connectivity index (χ2v) is 8.73. The first kappa shape index (κ1) is 17.2. The summed E-state index contributed by atoms with van der Waals surface area (Å²) in [5.41, 5.74) is 1.86. The third-order valence-corrected chi connectivity index (χ3v) is 6.45. The highest BCUT2D eigenvalue weighted by molar-refractivity contribution is 7.91. The van der Waals surface area contributed by atoms with E-state index in [-0.39, 0.29) is 23.3 Å². The van der Waals surface area contributed by atoms with Crippen LogP contribution in [0.15, 0.2) is 24.3 Å². The molecular formula is C17H24N2O4S. The average Bonchev–Trinajstić information content (AvgIpc) is 2.93. The zero-order valence-corrected chi connectivity index (χ0v) is 14.6. The van der Waals surface area contributed by atoms with Gasteiger partial charge in [-0.05, 0) is 37.0 Å². The quantitative estimate of drug-likeness (QED) is 0.872. The molecule has 132 valence electrons. The molecule has 2 aliphatic rings. The summed E-state index contributed by atoms with van der Waals surface area (Å²) in [5, 5.41) is 2.92. The third kappa shape index (κ3) is 4.70. The number of rotatable bonds is 5. The second kappa shape index (κ2) is 7.53. The number of benzene rings is 1. The highest BCUT2D eigenvalue weighted by atomic mass is 32.2. The Hall–Kier alpha value is -1.60. The molecule has 0 radical (unpaired) electrons. The van der Waals surface area contributed by atoms with E-state index in [1.165, 1.54) is 0 Å². The fourth-order valence-electron chi connectivity index (χ4n) is 3.26. The van der Waals surface area contributed by atoms with Gasteiger partial charge < -0.3 is 15.0 Å². The van der Waals surface area contributed by atoms with Crippen LogP contribution in [0, 0.1) is 5.92 Å². The molecule has 24 heavy (non-hydrogen) atoms. The van der Waals surface area contributed by atoms with Gasteiger partial charge in [0.05, 0.1) is 24.7 Å². The van der Waals surface area contributed by atoms with Crippen molar-refractivity contribution in [2.45, 2.75) is 19.3 Å². The number of morpholine rings is 1. The highest BCUT2D eigenvalue weighted by Crippen LogP contribution is 2.24. The average molecular weight is 352 g/mol. The van der Waals surface area contributed by atoms with Crippen LogP contribution in [0.25, 0.3) is 0 Å². The summed E-state index contributed by atoms with van der Waals surface area (Å²) in [6.07, 6.45) is 1.68. The summed E-state index contributed by atoms with van der Waals surface area (Å²) in [4.78, 5) is 14.4. The maximum Gasteiger partial charge on any atom is 0.224 e. The molecule has 0 spiro atoms. The molecule has 0 aromatic heterocycles. The highest BCUT2D eigenvalue weighted by Gasteiger charge is 2.27. The van der Waals surface area contributed by atoms with Gasteiger partial charge in [0.25, 0.3) is 0 Å². The molecule has 1 N–H and O–H groups in total. The molecule has 0 bridgehead atoms. The van der Waals surface area contributed by atoms with Gasteiger partial charge in [-0.15, -0.1) is 0 Å². The molecule has 2 heterocycles. The van der Waals surface area contributed by atoms with E-state index in [1.54, 1.807) is 0 Å². The molecule has 2 fully saturated rings. The first-order valence-corrected chi connectivity index (χ1v) is 10.3. The lowest BCUT2D eigenvalue weighted by molar-refractivity contribution is -0.116. The minimum atomic E-state index is -2.87. The first-order chi connectivity index (χ1) is 11.5. The molecule has 1 amide bonds. The van der Waals surface area contributed by atoms with E-state index in [9.17, 15) is 13.2 Å². The van der Waals surface area contributed by atoms with Gasteiger partial charge in [-0.1, -0.05) is 6.07 Å². The van der Waals surface area contributed by atoms with Crippen molar-refractivity contribution >= 4 is 27.1 Å². The Morgan fingerprint density at radius 2 is 2.08 bits per heavy atom. The smallest absolute Gasteiger partial charge is 0.224 e. The molecule has 1 atom stereocenters. The van der Waals surface area contributed by atoms with Crippen LogP contribution in [0.5, 0.6) is 0 Å². The zero-order chi connectivity index (χ0) is 17.0. The van der Waals surface area contributed by atoms with Crippen molar-refractivity contribution in [2.75, 3.05) is 48.0 Å². The van der Waals surface area contributed by atoms with Gasteiger partial charge in [0.2, 0.25) is 5.91 Å². The van der Waals surface area contributed by atoms with Crippen molar-refractivity contribution in [3.63, 3.8) is 0 Å². The Bertz CT molecular complexity index is 684. The maximum atomic E-state index is 12.1.